The molecule has 0 aliphatic rings. The molecule has 0 saturated carbocycles. The van der Waals surface area contributed by atoms with Crippen LogP contribution in [-0.2, 0) is 9.45 Å². The molecular formula is C3H11O9P. The summed E-state index contributed by atoms with van der Waals surface area (Å²) in [6.07, 6.45) is -3.17. The first-order chi connectivity index (χ1) is 5.72. The normalized spacial score (nSPS) is 15.6. The molecule has 0 saturated heterocycles. The fourth-order valence-electron chi connectivity index (χ4n) is 0.160. The second-order valence-corrected chi connectivity index (χ2v) is 2.79. The molecule has 0 aromatic carbocycles. The van der Waals surface area contributed by atoms with Gasteiger partial charge in [0.05, 0.1) is 6.61 Å². The summed E-state index contributed by atoms with van der Waals surface area (Å²) in [6, 6.07) is 0. The van der Waals surface area contributed by atoms with Crippen LogP contribution in [0.5, 0.6) is 0 Å². The molecule has 0 fully saturated rings. The van der Waals surface area contributed by atoms with E-state index in [0.29, 0.717) is 0 Å². The van der Waals surface area contributed by atoms with Crippen LogP contribution in [0, 0.1) is 0 Å². The first kappa shape index (κ1) is 15.4. The Morgan fingerprint density at radius 2 is 1.54 bits per heavy atom. The molecule has 0 aromatic heterocycles. The van der Waals surface area contributed by atoms with Crippen molar-refractivity contribution < 1.29 is 44.7 Å². The lowest BCUT2D eigenvalue weighted by atomic mass is 10.4. The molecule has 2 unspecified atom stereocenters. The quantitative estimate of drug-likeness (QED) is 0.115. The third kappa shape index (κ3) is 18.7. The van der Waals surface area contributed by atoms with Crippen molar-refractivity contribution in [3.8, 4) is 0 Å². The van der Waals surface area contributed by atoms with Crippen molar-refractivity contribution in [1.82, 2.24) is 0 Å². The molecule has 2 atom stereocenters. The van der Waals surface area contributed by atoms with E-state index in [1.54, 1.807) is 0 Å². The van der Waals surface area contributed by atoms with Crippen LogP contribution in [0.3, 0.4) is 0 Å². The van der Waals surface area contributed by atoms with Crippen molar-refractivity contribution >= 4 is 7.82 Å². The predicted octanol–water partition coefficient (Wildman–Crippen LogP) is -2.78. The molecule has 0 amide bonds. The zero-order chi connectivity index (χ0) is 11.1. The van der Waals surface area contributed by atoms with Gasteiger partial charge in [-0.3, -0.25) is 0 Å². The Kier molecular flexibility index (Phi) is 8.67. The lowest BCUT2D eigenvalue weighted by molar-refractivity contribution is -0.356. The fraction of sp³-hybridized carbons (Fsp3) is 1.00. The van der Waals surface area contributed by atoms with Gasteiger partial charge in [0.1, 0.15) is 6.10 Å². The first-order valence-electron chi connectivity index (χ1n) is 2.78. The topological polar surface area (TPSA) is 168 Å². The average Bonchev–Trinajstić information content (AvgIpc) is 1.98. The van der Waals surface area contributed by atoms with Gasteiger partial charge in [0.25, 0.3) is 0 Å². The Hall–Kier alpha value is -0.0900. The molecule has 0 rings (SSSR count). The molecule has 0 aliphatic carbocycles. The van der Waals surface area contributed by atoms with Crippen LogP contribution in [0.4, 0.5) is 0 Å². The molecule has 0 radical (unpaired) electrons. The molecule has 0 bridgehead atoms. The molecule has 13 heavy (non-hydrogen) atoms. The monoisotopic (exact) mass is 222 g/mol. The van der Waals surface area contributed by atoms with Crippen LogP contribution in [-0.4, -0.2) is 54.3 Å². The van der Waals surface area contributed by atoms with Crippen LogP contribution in [0.25, 0.3) is 0 Å². The van der Waals surface area contributed by atoms with E-state index in [0.717, 1.165) is 0 Å². The lowest BCUT2D eigenvalue weighted by Crippen LogP contribution is -2.30. The maximum Gasteiger partial charge on any atom is 0.466 e. The SMILES string of the molecule is O=P(O)(O)O.OCC(O)C(O)OO. The number of aliphatic hydroxyl groups is 3. The third-order valence-corrected chi connectivity index (χ3v) is 0.624. The van der Waals surface area contributed by atoms with Crippen LogP contribution < -0.4 is 0 Å². The van der Waals surface area contributed by atoms with Gasteiger partial charge < -0.3 is 30.0 Å². The summed E-state index contributed by atoms with van der Waals surface area (Å²) in [5, 5.41) is 32.2. The highest BCUT2D eigenvalue weighted by atomic mass is 31.2. The molecule has 0 aliphatic heterocycles. The van der Waals surface area contributed by atoms with Crippen LogP contribution in [0.2, 0.25) is 0 Å². The van der Waals surface area contributed by atoms with Crippen LogP contribution >= 0.6 is 7.82 Å². The lowest BCUT2D eigenvalue weighted by Gasteiger charge is -2.09. The molecule has 7 N–H and O–H groups in total. The zero-order valence-corrected chi connectivity index (χ0v) is 7.15. The zero-order valence-electron chi connectivity index (χ0n) is 6.26. The van der Waals surface area contributed by atoms with E-state index in [-0.39, 0.29) is 0 Å². The Morgan fingerprint density at radius 3 is 1.62 bits per heavy atom. The van der Waals surface area contributed by atoms with E-state index < -0.39 is 26.8 Å². The number of phosphoric acid groups is 1. The standard InChI is InChI=1S/C3H8O5.H3O4P/c4-1-2(5)3(6)8-7;1-5(2,3)4/h2-7H,1H2;(H3,1,2,3,4). The highest BCUT2D eigenvalue weighted by molar-refractivity contribution is 7.45. The van der Waals surface area contributed by atoms with Crippen LogP contribution in [0.1, 0.15) is 0 Å². The van der Waals surface area contributed by atoms with E-state index in [1.807, 2.05) is 0 Å². The van der Waals surface area contributed by atoms with E-state index in [2.05, 4.69) is 4.89 Å². The van der Waals surface area contributed by atoms with Gasteiger partial charge in [-0.25, -0.2) is 14.7 Å². The summed E-state index contributed by atoms with van der Waals surface area (Å²) in [5.41, 5.74) is 0. The number of hydrogen-bond acceptors (Lipinski definition) is 6. The largest absolute Gasteiger partial charge is 0.466 e. The molecule has 0 heterocycles. The van der Waals surface area contributed by atoms with E-state index >= 15 is 0 Å². The predicted molar refractivity (Wildman–Crippen MR) is 37.1 cm³/mol. The van der Waals surface area contributed by atoms with Crippen LogP contribution in [0.15, 0.2) is 0 Å². The minimum Gasteiger partial charge on any atom is -0.393 e. The molecule has 0 aromatic rings. The van der Waals surface area contributed by atoms with E-state index in [9.17, 15) is 0 Å². The molecule has 82 valence electrons. The maximum absolute atomic E-state index is 8.88. The van der Waals surface area contributed by atoms with Crippen molar-refractivity contribution in [2.24, 2.45) is 0 Å². The maximum atomic E-state index is 8.88. The summed E-state index contributed by atoms with van der Waals surface area (Å²) in [4.78, 5) is 24.8. The van der Waals surface area contributed by atoms with Gasteiger partial charge in [0, 0.05) is 0 Å². The van der Waals surface area contributed by atoms with Gasteiger partial charge in [0.2, 0.25) is 6.29 Å². The Balaban J connectivity index is 0. The van der Waals surface area contributed by atoms with Crippen molar-refractivity contribution in [1.29, 1.82) is 0 Å². The third-order valence-electron chi connectivity index (χ3n) is 0.624. The molecule has 9 nitrogen and oxygen atoms in total. The molecule has 0 spiro atoms. The van der Waals surface area contributed by atoms with Gasteiger partial charge >= 0.3 is 7.82 Å². The van der Waals surface area contributed by atoms with Crippen molar-refractivity contribution in [2.75, 3.05) is 6.61 Å². The summed E-state index contributed by atoms with van der Waals surface area (Å²) < 4.78 is 8.88. The van der Waals surface area contributed by atoms with Gasteiger partial charge in [-0.1, -0.05) is 0 Å². The number of rotatable bonds is 3. The summed E-state index contributed by atoms with van der Waals surface area (Å²) in [5.74, 6) is 0. The smallest absolute Gasteiger partial charge is 0.393 e. The van der Waals surface area contributed by atoms with Crippen molar-refractivity contribution in [2.45, 2.75) is 12.4 Å². The van der Waals surface area contributed by atoms with Crippen molar-refractivity contribution in [3.05, 3.63) is 0 Å². The summed E-state index contributed by atoms with van der Waals surface area (Å²) >= 11 is 0. The minimum absolute atomic E-state index is 0.651. The van der Waals surface area contributed by atoms with Gasteiger partial charge in [-0.2, -0.15) is 0 Å². The second kappa shape index (κ2) is 7.33. The fourth-order valence-corrected chi connectivity index (χ4v) is 0.160. The Labute approximate surface area is 72.6 Å². The highest BCUT2D eigenvalue weighted by Crippen LogP contribution is 2.25. The minimum atomic E-state index is -4.64. The second-order valence-electron chi connectivity index (χ2n) is 1.76. The van der Waals surface area contributed by atoms with E-state index in [4.69, 9.17) is 39.8 Å². The first-order valence-corrected chi connectivity index (χ1v) is 4.34. The average molecular weight is 222 g/mol. The molecular weight excluding hydrogens is 211 g/mol. The Bertz CT molecular complexity index is 137. The van der Waals surface area contributed by atoms with Gasteiger partial charge in [0.15, 0.2) is 0 Å². The highest BCUT2D eigenvalue weighted by Gasteiger charge is 2.14. The van der Waals surface area contributed by atoms with E-state index in [1.165, 1.54) is 0 Å². The van der Waals surface area contributed by atoms with Gasteiger partial charge in [-0.15, -0.1) is 0 Å². The van der Waals surface area contributed by atoms with Crippen molar-refractivity contribution in [3.63, 3.8) is 0 Å². The Morgan fingerprint density at radius 1 is 1.23 bits per heavy atom. The number of aliphatic hydroxyl groups excluding tert-OH is 3. The molecule has 10 heteroatoms. The number of hydrogen-bond donors (Lipinski definition) is 7. The summed E-state index contributed by atoms with van der Waals surface area (Å²) in [6.45, 7) is -0.651. The summed E-state index contributed by atoms with van der Waals surface area (Å²) in [7, 11) is -4.64. The van der Waals surface area contributed by atoms with Gasteiger partial charge in [-0.05, 0) is 0 Å².